The number of hydrogen-bond acceptors (Lipinski definition) is 4. The molecule has 0 atom stereocenters. The van der Waals surface area contributed by atoms with Crippen LogP contribution < -0.4 is 5.73 Å². The lowest BCUT2D eigenvalue weighted by Gasteiger charge is -2.27. The third-order valence-corrected chi connectivity index (χ3v) is 2.75. The van der Waals surface area contributed by atoms with E-state index in [1.165, 1.54) is 0 Å². The summed E-state index contributed by atoms with van der Waals surface area (Å²) in [5.74, 6) is 0.756. The molecule has 0 fully saturated rings. The Morgan fingerprint density at radius 1 is 1.38 bits per heavy atom. The fourth-order valence-electron chi connectivity index (χ4n) is 1.30. The van der Waals surface area contributed by atoms with Gasteiger partial charge in [0.2, 0.25) is 0 Å². The molecule has 1 aromatic heterocycles. The van der Waals surface area contributed by atoms with Gasteiger partial charge in [-0.2, -0.15) is 0 Å². The van der Waals surface area contributed by atoms with Crippen molar-refractivity contribution >= 4 is 0 Å². The van der Waals surface area contributed by atoms with Crippen LogP contribution in [0.5, 0.6) is 0 Å². The van der Waals surface area contributed by atoms with E-state index in [1.54, 1.807) is 0 Å². The molecule has 0 aliphatic rings. The molecule has 0 aromatic carbocycles. The SMILES string of the molecule is CCC(C)(CC)n1nnnc1CN. The van der Waals surface area contributed by atoms with Crippen molar-refractivity contribution in [1.82, 2.24) is 20.2 Å². The van der Waals surface area contributed by atoms with Crippen LogP contribution in [0.15, 0.2) is 0 Å². The van der Waals surface area contributed by atoms with Gasteiger partial charge in [0.25, 0.3) is 0 Å². The van der Waals surface area contributed by atoms with Crippen LogP contribution >= 0.6 is 0 Å². The molecule has 0 aliphatic heterocycles. The summed E-state index contributed by atoms with van der Waals surface area (Å²) < 4.78 is 1.84. The zero-order chi connectivity index (χ0) is 9.90. The molecule has 0 radical (unpaired) electrons. The molecule has 0 amide bonds. The van der Waals surface area contributed by atoms with Gasteiger partial charge in [0, 0.05) is 0 Å². The molecule has 0 spiro atoms. The van der Waals surface area contributed by atoms with Crippen molar-refractivity contribution in [3.63, 3.8) is 0 Å². The summed E-state index contributed by atoms with van der Waals surface area (Å²) in [4.78, 5) is 0. The Labute approximate surface area is 78.3 Å². The molecular weight excluding hydrogens is 166 g/mol. The highest BCUT2D eigenvalue weighted by Crippen LogP contribution is 2.23. The molecule has 0 bridgehead atoms. The number of aromatic nitrogens is 4. The third kappa shape index (κ3) is 1.70. The van der Waals surface area contributed by atoms with Gasteiger partial charge < -0.3 is 5.73 Å². The third-order valence-electron chi connectivity index (χ3n) is 2.75. The van der Waals surface area contributed by atoms with Gasteiger partial charge in [-0.3, -0.25) is 0 Å². The van der Waals surface area contributed by atoms with Gasteiger partial charge in [-0.05, 0) is 30.2 Å². The van der Waals surface area contributed by atoms with Gasteiger partial charge in [-0.25, -0.2) is 4.68 Å². The van der Waals surface area contributed by atoms with Gasteiger partial charge in [0.15, 0.2) is 5.82 Å². The van der Waals surface area contributed by atoms with E-state index >= 15 is 0 Å². The number of tetrazole rings is 1. The molecule has 0 saturated carbocycles. The molecule has 1 rings (SSSR count). The first-order valence-corrected chi connectivity index (χ1v) is 4.65. The van der Waals surface area contributed by atoms with E-state index < -0.39 is 0 Å². The first-order valence-electron chi connectivity index (χ1n) is 4.65. The smallest absolute Gasteiger partial charge is 0.165 e. The maximum absolute atomic E-state index is 5.54. The van der Waals surface area contributed by atoms with Crippen molar-refractivity contribution < 1.29 is 0 Å². The summed E-state index contributed by atoms with van der Waals surface area (Å²) in [6.07, 6.45) is 2.00. The Bertz CT molecular complexity index is 263. The monoisotopic (exact) mass is 183 g/mol. The topological polar surface area (TPSA) is 69.6 Å². The molecule has 0 unspecified atom stereocenters. The highest BCUT2D eigenvalue weighted by Gasteiger charge is 2.25. The number of nitrogens with two attached hydrogens (primary N) is 1. The van der Waals surface area contributed by atoms with Gasteiger partial charge in [-0.15, -0.1) is 5.10 Å². The number of nitrogens with zero attached hydrogens (tertiary/aromatic N) is 4. The van der Waals surface area contributed by atoms with Crippen molar-refractivity contribution in [2.75, 3.05) is 0 Å². The van der Waals surface area contributed by atoms with E-state index in [0.717, 1.165) is 18.7 Å². The van der Waals surface area contributed by atoms with Crippen LogP contribution in [0.4, 0.5) is 0 Å². The fourth-order valence-corrected chi connectivity index (χ4v) is 1.30. The van der Waals surface area contributed by atoms with Crippen LogP contribution in [0.1, 0.15) is 39.4 Å². The highest BCUT2D eigenvalue weighted by molar-refractivity contribution is 4.88. The van der Waals surface area contributed by atoms with Crippen molar-refractivity contribution in [1.29, 1.82) is 0 Å². The zero-order valence-corrected chi connectivity index (χ0v) is 8.49. The minimum Gasteiger partial charge on any atom is -0.324 e. The van der Waals surface area contributed by atoms with E-state index in [2.05, 4.69) is 36.3 Å². The van der Waals surface area contributed by atoms with Gasteiger partial charge in [-0.1, -0.05) is 13.8 Å². The summed E-state index contributed by atoms with van der Waals surface area (Å²) in [5, 5.41) is 11.5. The number of rotatable bonds is 4. The molecule has 1 aromatic rings. The second-order valence-electron chi connectivity index (χ2n) is 3.42. The van der Waals surface area contributed by atoms with E-state index in [4.69, 9.17) is 5.73 Å². The van der Waals surface area contributed by atoms with Crippen molar-refractivity contribution in [2.24, 2.45) is 5.73 Å². The Morgan fingerprint density at radius 3 is 2.46 bits per heavy atom. The largest absolute Gasteiger partial charge is 0.324 e. The van der Waals surface area contributed by atoms with E-state index in [-0.39, 0.29) is 5.54 Å². The normalized spacial score (nSPS) is 12.0. The van der Waals surface area contributed by atoms with Crippen LogP contribution in [-0.4, -0.2) is 20.2 Å². The Kier molecular flexibility index (Phi) is 2.98. The average Bonchev–Trinajstić information content (AvgIpc) is 2.65. The molecule has 5 nitrogen and oxygen atoms in total. The van der Waals surface area contributed by atoms with Crippen LogP contribution in [0.25, 0.3) is 0 Å². The molecule has 0 aliphatic carbocycles. The standard InChI is InChI=1S/C8H17N5/c1-4-8(3,5-2)13-7(6-9)10-11-12-13/h4-6,9H2,1-3H3. The predicted molar refractivity (Wildman–Crippen MR) is 49.9 cm³/mol. The summed E-state index contributed by atoms with van der Waals surface area (Å²) >= 11 is 0. The fraction of sp³-hybridized carbons (Fsp3) is 0.875. The summed E-state index contributed by atoms with van der Waals surface area (Å²) in [6, 6.07) is 0. The van der Waals surface area contributed by atoms with Gasteiger partial charge in [0.1, 0.15) is 0 Å². The molecule has 2 N–H and O–H groups in total. The lowest BCUT2D eigenvalue weighted by molar-refractivity contribution is 0.251. The maximum atomic E-state index is 5.54. The Balaban J connectivity index is 3.03. The van der Waals surface area contributed by atoms with Crippen LogP contribution in [0.3, 0.4) is 0 Å². The zero-order valence-electron chi connectivity index (χ0n) is 8.49. The van der Waals surface area contributed by atoms with Crippen molar-refractivity contribution in [3.8, 4) is 0 Å². The van der Waals surface area contributed by atoms with Crippen molar-refractivity contribution in [3.05, 3.63) is 5.82 Å². The lowest BCUT2D eigenvalue weighted by Crippen LogP contribution is -2.32. The minimum absolute atomic E-state index is 0.00178. The lowest BCUT2D eigenvalue weighted by atomic mass is 9.96. The maximum Gasteiger partial charge on any atom is 0.165 e. The highest BCUT2D eigenvalue weighted by atomic mass is 15.6. The van der Waals surface area contributed by atoms with Crippen LogP contribution in [0.2, 0.25) is 0 Å². The van der Waals surface area contributed by atoms with Gasteiger partial charge >= 0.3 is 0 Å². The molecule has 74 valence electrons. The predicted octanol–water partition coefficient (Wildman–Crippen LogP) is 0.667. The number of hydrogen-bond donors (Lipinski definition) is 1. The molecule has 1 heterocycles. The minimum atomic E-state index is -0.00178. The van der Waals surface area contributed by atoms with E-state index in [1.807, 2.05) is 4.68 Å². The Morgan fingerprint density at radius 2 is 2.00 bits per heavy atom. The van der Waals surface area contributed by atoms with Crippen LogP contribution in [-0.2, 0) is 12.1 Å². The molecular formula is C8H17N5. The van der Waals surface area contributed by atoms with Gasteiger partial charge in [0.05, 0.1) is 12.1 Å². The Hall–Kier alpha value is -0.970. The average molecular weight is 183 g/mol. The first kappa shape index (κ1) is 10.1. The molecule has 0 saturated heterocycles. The second-order valence-corrected chi connectivity index (χ2v) is 3.42. The molecule has 5 heteroatoms. The second kappa shape index (κ2) is 3.83. The van der Waals surface area contributed by atoms with Crippen LogP contribution in [0, 0.1) is 0 Å². The summed E-state index contributed by atoms with van der Waals surface area (Å²) in [6.45, 7) is 6.79. The first-order chi connectivity index (χ1) is 6.18. The summed E-state index contributed by atoms with van der Waals surface area (Å²) in [5.41, 5.74) is 5.54. The molecule has 13 heavy (non-hydrogen) atoms. The van der Waals surface area contributed by atoms with Crippen molar-refractivity contribution in [2.45, 2.75) is 45.7 Å². The summed E-state index contributed by atoms with van der Waals surface area (Å²) in [7, 11) is 0. The van der Waals surface area contributed by atoms with E-state index in [0.29, 0.717) is 6.54 Å². The quantitative estimate of drug-likeness (QED) is 0.744. The van der Waals surface area contributed by atoms with E-state index in [9.17, 15) is 0 Å².